The van der Waals surface area contributed by atoms with Crippen LogP contribution in [-0.4, -0.2) is 85.4 Å². The number of carbonyl (C=O) groups excluding carboxylic acids is 1. The van der Waals surface area contributed by atoms with Gasteiger partial charge in [0.05, 0.1) is 32.8 Å². The Bertz CT molecular complexity index is 341. The smallest absolute Gasteiger partial charge is 0.327 e. The Morgan fingerprint density at radius 2 is 1.63 bits per heavy atom. The lowest BCUT2D eigenvalue weighted by Gasteiger charge is -2.37. The van der Waals surface area contributed by atoms with Gasteiger partial charge in [-0.1, -0.05) is 0 Å². The van der Waals surface area contributed by atoms with Crippen molar-refractivity contribution in [1.82, 2.24) is 9.80 Å². The summed E-state index contributed by atoms with van der Waals surface area (Å²) in [5.74, 6) is -1.81. The maximum atomic E-state index is 12.0. The Balaban J connectivity index is 1.67. The van der Waals surface area contributed by atoms with Crippen LogP contribution in [0.2, 0.25) is 0 Å². The number of ether oxygens (including phenoxy) is 3. The molecule has 0 spiro atoms. The van der Waals surface area contributed by atoms with E-state index in [1.54, 1.807) is 4.90 Å². The average molecular weight is 272 g/mol. The zero-order valence-corrected chi connectivity index (χ0v) is 10.9. The van der Waals surface area contributed by atoms with Crippen LogP contribution < -0.4 is 0 Å². The number of morpholine rings is 2. The van der Waals surface area contributed by atoms with Crippen LogP contribution in [0.4, 0.5) is 0 Å². The van der Waals surface area contributed by atoms with Crippen LogP contribution in [0.1, 0.15) is 6.42 Å². The molecule has 108 valence electrons. The second kappa shape index (κ2) is 5.34. The van der Waals surface area contributed by atoms with Crippen molar-refractivity contribution < 1.29 is 24.1 Å². The Kier molecular flexibility index (Phi) is 3.72. The minimum absolute atomic E-state index is 0.297. The van der Waals surface area contributed by atoms with Crippen molar-refractivity contribution in [3.63, 3.8) is 0 Å². The van der Waals surface area contributed by atoms with E-state index in [0.29, 0.717) is 59.0 Å². The molecular formula is C12H20N2O5. The molecule has 3 aliphatic heterocycles. The summed E-state index contributed by atoms with van der Waals surface area (Å²) in [6, 6.07) is -0.364. The van der Waals surface area contributed by atoms with Gasteiger partial charge >= 0.3 is 5.97 Å². The highest BCUT2D eigenvalue weighted by Crippen LogP contribution is 2.31. The van der Waals surface area contributed by atoms with Gasteiger partial charge < -0.3 is 19.3 Å². The van der Waals surface area contributed by atoms with Gasteiger partial charge in [-0.2, -0.15) is 0 Å². The summed E-state index contributed by atoms with van der Waals surface area (Å²) in [6.07, 6.45) is 0.297. The number of nitrogens with zero attached hydrogens (tertiary/aromatic N) is 2. The second-order valence-electron chi connectivity index (χ2n) is 5.13. The molecule has 0 aromatic heterocycles. The van der Waals surface area contributed by atoms with Crippen molar-refractivity contribution >= 4 is 5.97 Å². The SMILES string of the molecule is O=C1OC(O)(N2CCOCC2)CC1N1CCOCC1. The molecule has 3 fully saturated rings. The van der Waals surface area contributed by atoms with Crippen molar-refractivity contribution in [2.75, 3.05) is 52.6 Å². The molecule has 19 heavy (non-hydrogen) atoms. The molecule has 1 N–H and O–H groups in total. The van der Waals surface area contributed by atoms with Gasteiger partial charge in [0.25, 0.3) is 5.91 Å². The van der Waals surface area contributed by atoms with Gasteiger partial charge in [0.15, 0.2) is 0 Å². The number of hydrogen-bond donors (Lipinski definition) is 1. The summed E-state index contributed by atoms with van der Waals surface area (Å²) in [5.41, 5.74) is 0. The Morgan fingerprint density at radius 1 is 1.05 bits per heavy atom. The highest BCUT2D eigenvalue weighted by atomic mass is 16.7. The third-order valence-corrected chi connectivity index (χ3v) is 3.99. The summed E-state index contributed by atoms with van der Waals surface area (Å²) in [7, 11) is 0. The number of rotatable bonds is 2. The van der Waals surface area contributed by atoms with E-state index in [1.807, 2.05) is 4.90 Å². The maximum Gasteiger partial charge on any atom is 0.327 e. The molecule has 0 saturated carbocycles. The second-order valence-corrected chi connectivity index (χ2v) is 5.13. The molecule has 7 heteroatoms. The molecule has 2 unspecified atom stereocenters. The summed E-state index contributed by atoms with van der Waals surface area (Å²) < 4.78 is 15.8. The van der Waals surface area contributed by atoms with E-state index in [0.717, 1.165) is 0 Å². The largest absolute Gasteiger partial charge is 0.417 e. The highest BCUT2D eigenvalue weighted by Gasteiger charge is 2.52. The Labute approximate surface area is 112 Å². The normalized spacial score (nSPS) is 38.4. The zero-order chi connectivity index (χ0) is 13.3. The van der Waals surface area contributed by atoms with E-state index < -0.39 is 5.91 Å². The highest BCUT2D eigenvalue weighted by molar-refractivity contribution is 5.78. The third kappa shape index (κ3) is 2.61. The molecule has 0 aromatic rings. The summed E-state index contributed by atoms with van der Waals surface area (Å²) >= 11 is 0. The van der Waals surface area contributed by atoms with Crippen molar-refractivity contribution in [3.8, 4) is 0 Å². The first-order valence-electron chi connectivity index (χ1n) is 6.79. The number of carbonyl (C=O) groups is 1. The van der Waals surface area contributed by atoms with E-state index in [2.05, 4.69) is 0 Å². The molecule has 0 bridgehead atoms. The molecule has 0 amide bonds. The number of hydrogen-bond acceptors (Lipinski definition) is 7. The van der Waals surface area contributed by atoms with Gasteiger partial charge in [-0.3, -0.25) is 9.69 Å². The first-order chi connectivity index (χ1) is 9.19. The number of esters is 1. The Hall–Kier alpha value is -0.730. The van der Waals surface area contributed by atoms with Gasteiger partial charge in [-0.05, 0) is 0 Å². The first-order valence-corrected chi connectivity index (χ1v) is 6.79. The molecule has 3 aliphatic rings. The van der Waals surface area contributed by atoms with Crippen LogP contribution in [0.5, 0.6) is 0 Å². The van der Waals surface area contributed by atoms with Crippen molar-refractivity contribution in [2.45, 2.75) is 18.4 Å². The quantitative estimate of drug-likeness (QED) is 0.621. The molecular weight excluding hydrogens is 252 g/mol. The van der Waals surface area contributed by atoms with Crippen LogP contribution >= 0.6 is 0 Å². The lowest BCUT2D eigenvalue weighted by atomic mass is 10.1. The lowest BCUT2D eigenvalue weighted by molar-refractivity contribution is -0.270. The number of aliphatic hydroxyl groups is 1. The van der Waals surface area contributed by atoms with Crippen LogP contribution in [-0.2, 0) is 19.0 Å². The number of cyclic esters (lactones) is 1. The Morgan fingerprint density at radius 3 is 2.26 bits per heavy atom. The fourth-order valence-corrected chi connectivity index (χ4v) is 2.88. The predicted octanol–water partition coefficient (Wildman–Crippen LogP) is -1.39. The molecule has 0 aliphatic carbocycles. The summed E-state index contributed by atoms with van der Waals surface area (Å²) in [4.78, 5) is 15.8. The zero-order valence-electron chi connectivity index (χ0n) is 10.9. The minimum atomic E-state index is -1.47. The van der Waals surface area contributed by atoms with E-state index in [4.69, 9.17) is 14.2 Å². The fourth-order valence-electron chi connectivity index (χ4n) is 2.88. The van der Waals surface area contributed by atoms with Gasteiger partial charge in [0, 0.05) is 26.2 Å². The molecule has 2 atom stereocenters. The van der Waals surface area contributed by atoms with Gasteiger partial charge in [0.1, 0.15) is 6.04 Å². The third-order valence-electron chi connectivity index (χ3n) is 3.99. The van der Waals surface area contributed by atoms with Gasteiger partial charge in [-0.25, -0.2) is 4.90 Å². The van der Waals surface area contributed by atoms with Crippen LogP contribution in [0.15, 0.2) is 0 Å². The van der Waals surface area contributed by atoms with Crippen LogP contribution in [0, 0.1) is 0 Å². The van der Waals surface area contributed by atoms with Crippen molar-refractivity contribution in [1.29, 1.82) is 0 Å². The van der Waals surface area contributed by atoms with E-state index in [1.165, 1.54) is 0 Å². The summed E-state index contributed by atoms with van der Waals surface area (Å²) in [5, 5.41) is 10.6. The summed E-state index contributed by atoms with van der Waals surface area (Å²) in [6.45, 7) is 4.95. The maximum absolute atomic E-state index is 12.0. The molecule has 0 aromatic carbocycles. The molecule has 3 heterocycles. The monoisotopic (exact) mass is 272 g/mol. The van der Waals surface area contributed by atoms with Gasteiger partial charge in [-0.15, -0.1) is 0 Å². The van der Waals surface area contributed by atoms with E-state index in [-0.39, 0.29) is 12.0 Å². The topological polar surface area (TPSA) is 71.5 Å². The van der Waals surface area contributed by atoms with Crippen LogP contribution in [0.25, 0.3) is 0 Å². The first kappa shape index (κ1) is 13.3. The molecule has 0 radical (unpaired) electrons. The van der Waals surface area contributed by atoms with Crippen LogP contribution in [0.3, 0.4) is 0 Å². The molecule has 3 saturated heterocycles. The molecule has 7 nitrogen and oxygen atoms in total. The predicted molar refractivity (Wildman–Crippen MR) is 64.2 cm³/mol. The van der Waals surface area contributed by atoms with Gasteiger partial charge in [0.2, 0.25) is 0 Å². The lowest BCUT2D eigenvalue weighted by Crippen LogP contribution is -2.54. The van der Waals surface area contributed by atoms with E-state index in [9.17, 15) is 9.90 Å². The fraction of sp³-hybridized carbons (Fsp3) is 0.917. The van der Waals surface area contributed by atoms with Crippen molar-refractivity contribution in [3.05, 3.63) is 0 Å². The van der Waals surface area contributed by atoms with E-state index >= 15 is 0 Å². The average Bonchev–Trinajstić information content (AvgIpc) is 2.77. The van der Waals surface area contributed by atoms with Crippen molar-refractivity contribution in [2.24, 2.45) is 0 Å². The standard InChI is InChI=1S/C12H20N2O5/c15-11-10(13-1-5-17-6-2-13)9-12(16,19-11)14-3-7-18-8-4-14/h10,16H,1-9H2. The molecule has 3 rings (SSSR count). The minimum Gasteiger partial charge on any atom is -0.417 e.